The molecule has 72 valence electrons. The van der Waals surface area contributed by atoms with Crippen LogP contribution in [0.15, 0.2) is 6.33 Å². The highest BCUT2D eigenvalue weighted by atomic mass is 16.5. The van der Waals surface area contributed by atoms with Crippen molar-refractivity contribution in [3.8, 4) is 0 Å². The van der Waals surface area contributed by atoms with E-state index in [1.54, 1.807) is 6.33 Å². The number of rotatable bonds is 2. The fraction of sp³-hybridized carbons (Fsp3) is 0.750. The van der Waals surface area contributed by atoms with Crippen molar-refractivity contribution in [2.24, 2.45) is 0 Å². The molecule has 1 aliphatic heterocycles. The molecule has 1 saturated heterocycles. The lowest BCUT2D eigenvalue weighted by Crippen LogP contribution is -2.31. The topological polar surface area (TPSA) is 60.2 Å². The van der Waals surface area contributed by atoms with Gasteiger partial charge in [0.25, 0.3) is 0 Å². The maximum atomic E-state index is 9.02. The average Bonchev–Trinajstić information content (AvgIpc) is 2.72. The van der Waals surface area contributed by atoms with Gasteiger partial charge in [0.05, 0.1) is 12.1 Å². The van der Waals surface area contributed by atoms with Gasteiger partial charge in [-0.3, -0.25) is 0 Å². The Morgan fingerprint density at radius 3 is 3.23 bits per heavy atom. The Morgan fingerprint density at radius 1 is 1.77 bits per heavy atom. The van der Waals surface area contributed by atoms with Gasteiger partial charge in [0, 0.05) is 6.61 Å². The Labute approximate surface area is 76.3 Å². The van der Waals surface area contributed by atoms with E-state index in [2.05, 4.69) is 17.1 Å². The maximum Gasteiger partial charge on any atom is 0.159 e. The third-order valence-electron chi connectivity index (χ3n) is 2.54. The van der Waals surface area contributed by atoms with Gasteiger partial charge in [-0.2, -0.15) is 0 Å². The van der Waals surface area contributed by atoms with Gasteiger partial charge in [-0.15, -0.1) is 10.2 Å². The molecule has 2 heterocycles. The summed E-state index contributed by atoms with van der Waals surface area (Å²) in [4.78, 5) is 0. The summed E-state index contributed by atoms with van der Waals surface area (Å²) in [6, 6.07) is 0. The predicted molar refractivity (Wildman–Crippen MR) is 45.0 cm³/mol. The molecule has 1 aliphatic rings. The second-order valence-corrected chi connectivity index (χ2v) is 3.57. The molecule has 1 fully saturated rings. The van der Waals surface area contributed by atoms with E-state index < -0.39 is 0 Å². The van der Waals surface area contributed by atoms with E-state index in [4.69, 9.17) is 9.84 Å². The number of aliphatic hydroxyl groups excluding tert-OH is 1. The molecule has 5 nitrogen and oxygen atoms in total. The molecule has 1 unspecified atom stereocenters. The molecular formula is C8H13N3O2. The van der Waals surface area contributed by atoms with E-state index in [1.165, 1.54) is 0 Å². The first-order chi connectivity index (χ1) is 6.26. The third kappa shape index (κ3) is 1.34. The summed E-state index contributed by atoms with van der Waals surface area (Å²) in [7, 11) is 0. The lowest BCUT2D eigenvalue weighted by atomic mass is 10.0. The molecule has 0 radical (unpaired) electrons. The fourth-order valence-corrected chi connectivity index (χ4v) is 1.66. The zero-order chi connectivity index (χ0) is 9.31. The highest BCUT2D eigenvalue weighted by molar-refractivity contribution is 4.95. The summed E-state index contributed by atoms with van der Waals surface area (Å²) in [5.41, 5.74) is -0.0818. The summed E-state index contributed by atoms with van der Waals surface area (Å²) >= 11 is 0. The monoisotopic (exact) mass is 183 g/mol. The second kappa shape index (κ2) is 3.08. The Kier molecular flexibility index (Phi) is 2.05. The standard InChI is InChI=1S/C8H13N3O2/c1-8(2-3-13-5-8)11-6-9-10-7(11)4-12/h6,12H,2-5H2,1H3. The van der Waals surface area contributed by atoms with Gasteiger partial charge in [0.15, 0.2) is 5.82 Å². The van der Waals surface area contributed by atoms with Crippen LogP contribution in [-0.2, 0) is 16.9 Å². The summed E-state index contributed by atoms with van der Waals surface area (Å²) < 4.78 is 7.23. The molecule has 0 bridgehead atoms. The molecule has 1 N–H and O–H groups in total. The molecule has 0 amide bonds. The maximum absolute atomic E-state index is 9.02. The number of ether oxygens (including phenoxy) is 1. The first-order valence-electron chi connectivity index (χ1n) is 4.34. The molecule has 1 aromatic rings. The van der Waals surface area contributed by atoms with Gasteiger partial charge in [0.2, 0.25) is 0 Å². The van der Waals surface area contributed by atoms with Crippen LogP contribution in [-0.4, -0.2) is 33.1 Å². The molecule has 0 spiro atoms. The lowest BCUT2D eigenvalue weighted by Gasteiger charge is -2.24. The van der Waals surface area contributed by atoms with Crippen LogP contribution in [0.2, 0.25) is 0 Å². The van der Waals surface area contributed by atoms with Crippen molar-refractivity contribution in [2.45, 2.75) is 25.5 Å². The number of hydrogen-bond acceptors (Lipinski definition) is 4. The van der Waals surface area contributed by atoms with Crippen LogP contribution >= 0.6 is 0 Å². The van der Waals surface area contributed by atoms with Gasteiger partial charge in [-0.05, 0) is 13.3 Å². The highest BCUT2D eigenvalue weighted by Gasteiger charge is 2.33. The van der Waals surface area contributed by atoms with E-state index in [0.717, 1.165) is 13.0 Å². The van der Waals surface area contributed by atoms with Crippen molar-refractivity contribution in [1.29, 1.82) is 0 Å². The van der Waals surface area contributed by atoms with E-state index >= 15 is 0 Å². The van der Waals surface area contributed by atoms with E-state index in [9.17, 15) is 0 Å². The number of hydrogen-bond donors (Lipinski definition) is 1. The largest absolute Gasteiger partial charge is 0.388 e. The van der Waals surface area contributed by atoms with E-state index in [1.807, 2.05) is 4.57 Å². The van der Waals surface area contributed by atoms with E-state index in [-0.39, 0.29) is 12.1 Å². The molecule has 2 rings (SSSR count). The normalized spacial score (nSPS) is 28.2. The number of aromatic nitrogens is 3. The minimum absolute atomic E-state index is 0.0738. The van der Waals surface area contributed by atoms with E-state index in [0.29, 0.717) is 12.4 Å². The van der Waals surface area contributed by atoms with Crippen molar-refractivity contribution >= 4 is 0 Å². The molecule has 1 atom stereocenters. The highest BCUT2D eigenvalue weighted by Crippen LogP contribution is 2.27. The minimum atomic E-state index is -0.0818. The summed E-state index contributed by atoms with van der Waals surface area (Å²) in [5, 5.41) is 16.6. The molecule has 0 saturated carbocycles. The van der Waals surface area contributed by atoms with Gasteiger partial charge in [0.1, 0.15) is 12.9 Å². The van der Waals surface area contributed by atoms with Crippen molar-refractivity contribution in [1.82, 2.24) is 14.8 Å². The Bertz CT molecular complexity index is 291. The Morgan fingerprint density at radius 2 is 2.62 bits per heavy atom. The third-order valence-corrected chi connectivity index (χ3v) is 2.54. The van der Waals surface area contributed by atoms with Gasteiger partial charge in [-0.1, -0.05) is 0 Å². The average molecular weight is 183 g/mol. The fourth-order valence-electron chi connectivity index (χ4n) is 1.66. The smallest absolute Gasteiger partial charge is 0.159 e. The Balaban J connectivity index is 2.32. The van der Waals surface area contributed by atoms with Gasteiger partial charge < -0.3 is 14.4 Å². The van der Waals surface area contributed by atoms with Crippen LogP contribution in [0.1, 0.15) is 19.2 Å². The van der Waals surface area contributed by atoms with Crippen molar-refractivity contribution in [3.05, 3.63) is 12.2 Å². The Hall–Kier alpha value is -0.940. The van der Waals surface area contributed by atoms with Gasteiger partial charge >= 0.3 is 0 Å². The summed E-state index contributed by atoms with van der Waals surface area (Å²) in [6.45, 7) is 3.44. The van der Waals surface area contributed by atoms with Crippen molar-refractivity contribution in [2.75, 3.05) is 13.2 Å². The molecule has 1 aromatic heterocycles. The zero-order valence-electron chi connectivity index (χ0n) is 7.60. The van der Waals surface area contributed by atoms with Crippen LogP contribution < -0.4 is 0 Å². The SMILES string of the molecule is CC1(n2cnnc2CO)CCOC1. The predicted octanol–water partition coefficient (Wildman–Crippen LogP) is -0.0941. The number of aliphatic hydroxyl groups is 1. The van der Waals surface area contributed by atoms with Crippen LogP contribution in [0.5, 0.6) is 0 Å². The molecule has 5 heteroatoms. The van der Waals surface area contributed by atoms with Crippen LogP contribution in [0.4, 0.5) is 0 Å². The van der Waals surface area contributed by atoms with Crippen LogP contribution in [0, 0.1) is 0 Å². The molecule has 13 heavy (non-hydrogen) atoms. The molecule has 0 aromatic carbocycles. The molecular weight excluding hydrogens is 170 g/mol. The second-order valence-electron chi connectivity index (χ2n) is 3.57. The summed E-state index contributed by atoms with van der Waals surface area (Å²) in [5.74, 6) is 0.605. The van der Waals surface area contributed by atoms with Crippen LogP contribution in [0.3, 0.4) is 0 Å². The molecule has 0 aliphatic carbocycles. The van der Waals surface area contributed by atoms with Gasteiger partial charge in [-0.25, -0.2) is 0 Å². The summed E-state index contributed by atoms with van der Waals surface area (Å²) in [6.07, 6.45) is 2.60. The lowest BCUT2D eigenvalue weighted by molar-refractivity contribution is 0.156. The van der Waals surface area contributed by atoms with Crippen LogP contribution in [0.25, 0.3) is 0 Å². The first-order valence-corrected chi connectivity index (χ1v) is 4.34. The van der Waals surface area contributed by atoms with Crippen molar-refractivity contribution < 1.29 is 9.84 Å². The quantitative estimate of drug-likeness (QED) is 0.696. The number of nitrogens with zero attached hydrogens (tertiary/aromatic N) is 3. The zero-order valence-corrected chi connectivity index (χ0v) is 7.60. The minimum Gasteiger partial charge on any atom is -0.388 e. The first kappa shape index (κ1) is 8.65. The van der Waals surface area contributed by atoms with Crippen molar-refractivity contribution in [3.63, 3.8) is 0 Å².